The third-order valence-electron chi connectivity index (χ3n) is 4.28. The number of benzene rings is 1. The van der Waals surface area contributed by atoms with Gasteiger partial charge in [0, 0.05) is 5.39 Å². The van der Waals surface area contributed by atoms with Crippen LogP contribution in [-0.2, 0) is 0 Å². The highest BCUT2D eigenvalue weighted by Crippen LogP contribution is 2.21. The van der Waals surface area contributed by atoms with Crippen LogP contribution in [0.15, 0.2) is 29.1 Å². The average Bonchev–Trinajstić information content (AvgIpc) is 2.68. The molecule has 1 atom stereocenters. The maximum absolute atomic E-state index is 12.7. The van der Waals surface area contributed by atoms with Crippen molar-refractivity contribution in [2.24, 2.45) is 0 Å². The van der Waals surface area contributed by atoms with Crippen molar-refractivity contribution in [3.8, 4) is 0 Å². The van der Waals surface area contributed by atoms with Gasteiger partial charge in [0.25, 0.3) is 5.56 Å². The summed E-state index contributed by atoms with van der Waals surface area (Å²) < 4.78 is 1.73. The maximum Gasteiger partial charge on any atom is 0.274 e. The van der Waals surface area contributed by atoms with E-state index in [0.717, 1.165) is 48.8 Å². The third kappa shape index (κ3) is 2.36. The van der Waals surface area contributed by atoms with Crippen LogP contribution in [0.1, 0.15) is 31.0 Å². The minimum atomic E-state index is 0.0563. The molecule has 1 aliphatic heterocycles. The highest BCUT2D eigenvalue weighted by Gasteiger charge is 2.19. The van der Waals surface area contributed by atoms with E-state index < -0.39 is 0 Å². The van der Waals surface area contributed by atoms with Crippen molar-refractivity contribution >= 4 is 10.8 Å². The van der Waals surface area contributed by atoms with Gasteiger partial charge in [0.1, 0.15) is 0 Å². The predicted octanol–water partition coefficient (Wildman–Crippen LogP) is 2.36. The summed E-state index contributed by atoms with van der Waals surface area (Å²) in [7, 11) is 2.14. The standard InChI is InChI=1S/C16H21N3O/c1-12-14-7-3-4-8-15(14)16(20)19(17-12)13-6-5-10-18(2)11-9-13/h3-4,7-8,13H,5-6,9-11H2,1-2H3. The van der Waals surface area contributed by atoms with Crippen molar-refractivity contribution in [1.29, 1.82) is 0 Å². The molecule has 4 heteroatoms. The van der Waals surface area contributed by atoms with Gasteiger partial charge in [-0.3, -0.25) is 4.79 Å². The minimum Gasteiger partial charge on any atom is -0.306 e. The molecule has 106 valence electrons. The first-order valence-corrected chi connectivity index (χ1v) is 7.33. The molecule has 4 nitrogen and oxygen atoms in total. The van der Waals surface area contributed by atoms with Gasteiger partial charge in [0.05, 0.1) is 17.1 Å². The number of rotatable bonds is 1. The number of aromatic nitrogens is 2. The molecule has 0 N–H and O–H groups in total. The molecule has 1 saturated heterocycles. The van der Waals surface area contributed by atoms with Gasteiger partial charge in [-0.2, -0.15) is 5.10 Å². The van der Waals surface area contributed by atoms with E-state index in [9.17, 15) is 4.79 Å². The summed E-state index contributed by atoms with van der Waals surface area (Å²) >= 11 is 0. The molecular weight excluding hydrogens is 250 g/mol. The molecule has 2 aromatic rings. The number of hydrogen-bond acceptors (Lipinski definition) is 3. The molecule has 0 aliphatic carbocycles. The van der Waals surface area contributed by atoms with Gasteiger partial charge in [-0.05, 0) is 52.4 Å². The molecule has 0 radical (unpaired) electrons. The average molecular weight is 271 g/mol. The first-order chi connectivity index (χ1) is 9.66. The molecule has 0 bridgehead atoms. The fourth-order valence-electron chi connectivity index (χ4n) is 3.08. The van der Waals surface area contributed by atoms with Crippen LogP contribution >= 0.6 is 0 Å². The van der Waals surface area contributed by atoms with E-state index in [-0.39, 0.29) is 11.6 Å². The molecule has 1 fully saturated rings. The van der Waals surface area contributed by atoms with E-state index in [1.165, 1.54) is 0 Å². The molecule has 1 aliphatic rings. The number of nitrogens with zero attached hydrogens (tertiary/aromatic N) is 3. The van der Waals surface area contributed by atoms with Crippen molar-refractivity contribution in [1.82, 2.24) is 14.7 Å². The fraction of sp³-hybridized carbons (Fsp3) is 0.500. The molecule has 1 unspecified atom stereocenters. The SMILES string of the molecule is Cc1nn(C2CCCN(C)CC2)c(=O)c2ccccc12. The Bertz CT molecular complexity index is 677. The van der Waals surface area contributed by atoms with Gasteiger partial charge < -0.3 is 4.90 Å². The van der Waals surface area contributed by atoms with Gasteiger partial charge in [-0.25, -0.2) is 4.68 Å². The van der Waals surface area contributed by atoms with E-state index in [0.29, 0.717) is 0 Å². The monoisotopic (exact) mass is 271 g/mol. The number of fused-ring (bicyclic) bond motifs is 1. The van der Waals surface area contributed by atoms with Gasteiger partial charge >= 0.3 is 0 Å². The zero-order chi connectivity index (χ0) is 14.1. The second-order valence-electron chi connectivity index (χ2n) is 5.77. The molecular formula is C16H21N3O. The van der Waals surface area contributed by atoms with Crippen LogP contribution in [0.25, 0.3) is 10.8 Å². The molecule has 0 amide bonds. The Hall–Kier alpha value is -1.68. The van der Waals surface area contributed by atoms with E-state index in [1.54, 1.807) is 4.68 Å². The summed E-state index contributed by atoms with van der Waals surface area (Å²) in [6, 6.07) is 8.00. The lowest BCUT2D eigenvalue weighted by atomic mass is 10.1. The van der Waals surface area contributed by atoms with Crippen molar-refractivity contribution in [3.63, 3.8) is 0 Å². The lowest BCUT2D eigenvalue weighted by molar-refractivity contribution is 0.334. The summed E-state index contributed by atoms with van der Waals surface area (Å²) in [5.74, 6) is 0. The predicted molar refractivity (Wildman–Crippen MR) is 81.1 cm³/mol. The summed E-state index contributed by atoms with van der Waals surface area (Å²) in [6.07, 6.45) is 3.16. The van der Waals surface area contributed by atoms with Crippen molar-refractivity contribution in [2.45, 2.75) is 32.2 Å². The molecule has 2 heterocycles. The van der Waals surface area contributed by atoms with E-state index in [4.69, 9.17) is 0 Å². The van der Waals surface area contributed by atoms with Crippen LogP contribution in [0.4, 0.5) is 0 Å². The first-order valence-electron chi connectivity index (χ1n) is 7.33. The highest BCUT2D eigenvalue weighted by molar-refractivity contribution is 5.83. The molecule has 20 heavy (non-hydrogen) atoms. The zero-order valence-corrected chi connectivity index (χ0v) is 12.2. The number of aryl methyl sites for hydroxylation is 1. The fourth-order valence-corrected chi connectivity index (χ4v) is 3.08. The van der Waals surface area contributed by atoms with Crippen molar-refractivity contribution in [3.05, 3.63) is 40.3 Å². The van der Waals surface area contributed by atoms with Gasteiger partial charge in [-0.15, -0.1) is 0 Å². The Morgan fingerprint density at radius 2 is 1.90 bits per heavy atom. The van der Waals surface area contributed by atoms with Crippen molar-refractivity contribution in [2.75, 3.05) is 20.1 Å². The van der Waals surface area contributed by atoms with Crippen molar-refractivity contribution < 1.29 is 0 Å². The number of hydrogen-bond donors (Lipinski definition) is 0. The Labute approximate surface area is 119 Å². The van der Waals surface area contributed by atoms with Crippen LogP contribution in [0.3, 0.4) is 0 Å². The Morgan fingerprint density at radius 1 is 1.15 bits per heavy atom. The van der Waals surface area contributed by atoms with Crippen LogP contribution in [0, 0.1) is 6.92 Å². The zero-order valence-electron chi connectivity index (χ0n) is 12.2. The third-order valence-corrected chi connectivity index (χ3v) is 4.28. The second-order valence-corrected chi connectivity index (χ2v) is 5.77. The Morgan fingerprint density at radius 3 is 2.70 bits per heavy atom. The van der Waals surface area contributed by atoms with Gasteiger partial charge in [0.15, 0.2) is 0 Å². The first kappa shape index (κ1) is 13.3. The topological polar surface area (TPSA) is 38.1 Å². The maximum atomic E-state index is 12.7. The van der Waals surface area contributed by atoms with Crippen LogP contribution in [0.2, 0.25) is 0 Å². The van der Waals surface area contributed by atoms with Gasteiger partial charge in [-0.1, -0.05) is 18.2 Å². The lowest BCUT2D eigenvalue weighted by Gasteiger charge is -2.18. The quantitative estimate of drug-likeness (QED) is 0.799. The van der Waals surface area contributed by atoms with Crippen LogP contribution < -0.4 is 5.56 Å². The molecule has 3 rings (SSSR count). The smallest absolute Gasteiger partial charge is 0.274 e. The second kappa shape index (κ2) is 5.37. The lowest BCUT2D eigenvalue weighted by Crippen LogP contribution is -2.29. The summed E-state index contributed by atoms with van der Waals surface area (Å²) in [5, 5.41) is 6.34. The normalized spacial score (nSPS) is 21.0. The Kier molecular flexibility index (Phi) is 3.57. The van der Waals surface area contributed by atoms with E-state index in [2.05, 4.69) is 17.0 Å². The molecule has 1 aromatic carbocycles. The highest BCUT2D eigenvalue weighted by atomic mass is 16.1. The molecule has 0 saturated carbocycles. The summed E-state index contributed by atoms with van der Waals surface area (Å²) in [6.45, 7) is 4.13. The van der Waals surface area contributed by atoms with E-state index >= 15 is 0 Å². The van der Waals surface area contributed by atoms with Crippen LogP contribution in [0.5, 0.6) is 0 Å². The number of likely N-dealkylation sites (tertiary alicyclic amines) is 1. The largest absolute Gasteiger partial charge is 0.306 e. The van der Waals surface area contributed by atoms with Gasteiger partial charge in [0.2, 0.25) is 0 Å². The Balaban J connectivity index is 2.07. The molecule has 1 aromatic heterocycles. The minimum absolute atomic E-state index is 0.0563. The van der Waals surface area contributed by atoms with Crippen LogP contribution in [-0.4, -0.2) is 34.8 Å². The molecule has 0 spiro atoms. The summed E-state index contributed by atoms with van der Waals surface area (Å²) in [5.41, 5.74) is 0.999. The van der Waals surface area contributed by atoms with E-state index in [1.807, 2.05) is 31.2 Å². The summed E-state index contributed by atoms with van der Waals surface area (Å²) in [4.78, 5) is 15.0.